The number of benzene rings is 1. The molecule has 0 bridgehead atoms. The average molecular weight is 298 g/mol. The molecular weight excluding hydrogens is 276 g/mol. The molecule has 2 aromatic rings. The van der Waals surface area contributed by atoms with E-state index in [-0.39, 0.29) is 0 Å². The van der Waals surface area contributed by atoms with E-state index >= 15 is 0 Å². The summed E-state index contributed by atoms with van der Waals surface area (Å²) in [6.45, 7) is 0.691. The number of hydrogen-bond acceptors (Lipinski definition) is 5. The Kier molecular flexibility index (Phi) is 4.73. The van der Waals surface area contributed by atoms with Crippen molar-refractivity contribution in [1.82, 2.24) is 9.97 Å². The lowest BCUT2D eigenvalue weighted by molar-refractivity contribution is 0.414. The van der Waals surface area contributed by atoms with Crippen LogP contribution < -0.4 is 15.4 Å². The van der Waals surface area contributed by atoms with Gasteiger partial charge in [-0.05, 0) is 36.6 Å². The first-order valence-electron chi connectivity index (χ1n) is 7.80. The van der Waals surface area contributed by atoms with Crippen LogP contribution >= 0.6 is 0 Å². The Labute approximate surface area is 131 Å². The lowest BCUT2D eigenvalue weighted by Gasteiger charge is -2.13. The molecule has 0 radical (unpaired) electrons. The predicted octanol–water partition coefficient (Wildman–Crippen LogP) is 3.45. The fraction of sp³-hybridized carbons (Fsp3) is 0.412. The van der Waals surface area contributed by atoms with Crippen LogP contribution in [0.2, 0.25) is 0 Å². The molecule has 0 spiro atoms. The van der Waals surface area contributed by atoms with Crippen LogP contribution in [0.5, 0.6) is 5.75 Å². The standard InChI is InChI=1S/C17H22N4O/c1-22-15-8-6-13(7-9-15)12-19-17-18-11-10-16(21-17)20-14-4-2-3-5-14/h6-11,14H,2-5,12H2,1H3,(H2,18,19,20,21). The zero-order valence-corrected chi connectivity index (χ0v) is 12.9. The molecule has 1 aliphatic carbocycles. The molecule has 1 aliphatic rings. The van der Waals surface area contributed by atoms with Gasteiger partial charge in [-0.25, -0.2) is 4.98 Å². The molecule has 0 amide bonds. The van der Waals surface area contributed by atoms with Gasteiger partial charge in [-0.1, -0.05) is 25.0 Å². The molecule has 2 N–H and O–H groups in total. The third-order valence-electron chi connectivity index (χ3n) is 3.97. The fourth-order valence-corrected chi connectivity index (χ4v) is 2.73. The summed E-state index contributed by atoms with van der Waals surface area (Å²) in [4.78, 5) is 8.80. The molecule has 1 aromatic carbocycles. The van der Waals surface area contributed by atoms with Gasteiger partial charge in [-0.2, -0.15) is 4.98 Å². The molecule has 1 fully saturated rings. The topological polar surface area (TPSA) is 59.1 Å². The number of rotatable bonds is 6. The van der Waals surface area contributed by atoms with Gasteiger partial charge < -0.3 is 15.4 Å². The summed E-state index contributed by atoms with van der Waals surface area (Å²) in [7, 11) is 1.67. The van der Waals surface area contributed by atoms with Crippen molar-refractivity contribution in [2.24, 2.45) is 0 Å². The Balaban J connectivity index is 1.57. The van der Waals surface area contributed by atoms with Crippen LogP contribution in [-0.4, -0.2) is 23.1 Å². The fourth-order valence-electron chi connectivity index (χ4n) is 2.73. The van der Waals surface area contributed by atoms with Crippen molar-refractivity contribution >= 4 is 11.8 Å². The van der Waals surface area contributed by atoms with Gasteiger partial charge in [-0.15, -0.1) is 0 Å². The highest BCUT2D eigenvalue weighted by atomic mass is 16.5. The van der Waals surface area contributed by atoms with E-state index in [2.05, 4.69) is 20.6 Å². The average Bonchev–Trinajstić information content (AvgIpc) is 3.07. The maximum atomic E-state index is 5.16. The van der Waals surface area contributed by atoms with E-state index in [1.807, 2.05) is 30.3 Å². The Morgan fingerprint density at radius 1 is 1.14 bits per heavy atom. The van der Waals surface area contributed by atoms with Crippen LogP contribution in [-0.2, 0) is 6.54 Å². The predicted molar refractivity (Wildman–Crippen MR) is 88.2 cm³/mol. The minimum Gasteiger partial charge on any atom is -0.497 e. The normalized spacial score (nSPS) is 14.8. The van der Waals surface area contributed by atoms with Crippen molar-refractivity contribution in [2.45, 2.75) is 38.3 Å². The molecule has 1 heterocycles. The second-order valence-corrected chi connectivity index (χ2v) is 5.59. The van der Waals surface area contributed by atoms with Crippen molar-refractivity contribution in [3.05, 3.63) is 42.1 Å². The van der Waals surface area contributed by atoms with Gasteiger partial charge in [0.25, 0.3) is 0 Å². The van der Waals surface area contributed by atoms with E-state index in [0.29, 0.717) is 18.5 Å². The second kappa shape index (κ2) is 7.11. The van der Waals surface area contributed by atoms with Crippen molar-refractivity contribution < 1.29 is 4.74 Å². The number of aromatic nitrogens is 2. The first kappa shape index (κ1) is 14.6. The van der Waals surface area contributed by atoms with Gasteiger partial charge in [0, 0.05) is 18.8 Å². The SMILES string of the molecule is COc1ccc(CNc2nccc(NC3CCCC3)n2)cc1. The van der Waals surface area contributed by atoms with E-state index in [1.165, 1.54) is 31.2 Å². The van der Waals surface area contributed by atoms with E-state index < -0.39 is 0 Å². The molecule has 1 saturated carbocycles. The van der Waals surface area contributed by atoms with E-state index in [0.717, 1.165) is 11.6 Å². The minimum absolute atomic E-state index is 0.560. The molecule has 0 unspecified atom stereocenters. The second-order valence-electron chi connectivity index (χ2n) is 5.59. The van der Waals surface area contributed by atoms with Gasteiger partial charge in [0.1, 0.15) is 11.6 Å². The maximum absolute atomic E-state index is 5.16. The zero-order chi connectivity index (χ0) is 15.2. The summed E-state index contributed by atoms with van der Waals surface area (Å²) in [5.74, 6) is 2.42. The van der Waals surface area contributed by atoms with Gasteiger partial charge >= 0.3 is 0 Å². The van der Waals surface area contributed by atoms with E-state index in [1.54, 1.807) is 13.3 Å². The molecule has 0 aliphatic heterocycles. The van der Waals surface area contributed by atoms with Crippen LogP contribution in [0.25, 0.3) is 0 Å². The largest absolute Gasteiger partial charge is 0.497 e. The van der Waals surface area contributed by atoms with Crippen molar-refractivity contribution in [2.75, 3.05) is 17.7 Å². The van der Waals surface area contributed by atoms with E-state index in [9.17, 15) is 0 Å². The first-order chi connectivity index (χ1) is 10.8. The van der Waals surface area contributed by atoms with Crippen LogP contribution in [0, 0.1) is 0 Å². The smallest absolute Gasteiger partial charge is 0.224 e. The highest BCUT2D eigenvalue weighted by Crippen LogP contribution is 2.21. The molecule has 0 saturated heterocycles. The lowest BCUT2D eigenvalue weighted by Crippen LogP contribution is -2.16. The maximum Gasteiger partial charge on any atom is 0.224 e. The molecule has 0 atom stereocenters. The number of hydrogen-bond donors (Lipinski definition) is 2. The lowest BCUT2D eigenvalue weighted by atomic mass is 10.2. The summed E-state index contributed by atoms with van der Waals surface area (Å²) in [6.07, 6.45) is 6.88. The van der Waals surface area contributed by atoms with Gasteiger partial charge in [0.2, 0.25) is 5.95 Å². The summed E-state index contributed by atoms with van der Waals surface area (Å²) < 4.78 is 5.16. The van der Waals surface area contributed by atoms with Crippen LogP contribution in [0.4, 0.5) is 11.8 Å². The monoisotopic (exact) mass is 298 g/mol. The first-order valence-corrected chi connectivity index (χ1v) is 7.80. The quantitative estimate of drug-likeness (QED) is 0.855. The molecule has 116 valence electrons. The van der Waals surface area contributed by atoms with Crippen molar-refractivity contribution in [3.63, 3.8) is 0 Å². The number of anilines is 2. The third-order valence-corrected chi connectivity index (χ3v) is 3.97. The van der Waals surface area contributed by atoms with Crippen LogP contribution in [0.3, 0.4) is 0 Å². The molecule has 22 heavy (non-hydrogen) atoms. The molecular formula is C17H22N4O. The number of methoxy groups -OCH3 is 1. The van der Waals surface area contributed by atoms with Gasteiger partial charge in [0.05, 0.1) is 7.11 Å². The molecule has 3 rings (SSSR count). The molecule has 5 nitrogen and oxygen atoms in total. The minimum atomic E-state index is 0.560. The number of nitrogens with zero attached hydrogens (tertiary/aromatic N) is 2. The van der Waals surface area contributed by atoms with Crippen LogP contribution in [0.15, 0.2) is 36.5 Å². The third kappa shape index (κ3) is 3.87. The van der Waals surface area contributed by atoms with E-state index in [4.69, 9.17) is 4.74 Å². The van der Waals surface area contributed by atoms with Crippen molar-refractivity contribution in [3.8, 4) is 5.75 Å². The summed E-state index contributed by atoms with van der Waals surface area (Å²) in [5.41, 5.74) is 1.17. The Hall–Kier alpha value is -2.30. The Morgan fingerprint density at radius 2 is 1.91 bits per heavy atom. The highest BCUT2D eigenvalue weighted by molar-refractivity contribution is 5.41. The number of nitrogens with one attached hydrogen (secondary N) is 2. The summed E-state index contributed by atoms with van der Waals surface area (Å²) in [6, 6.07) is 10.5. The number of ether oxygens (including phenoxy) is 1. The Bertz CT molecular complexity index is 594. The molecule has 5 heteroatoms. The van der Waals surface area contributed by atoms with Crippen molar-refractivity contribution in [1.29, 1.82) is 0 Å². The summed E-state index contributed by atoms with van der Waals surface area (Å²) in [5, 5.41) is 6.75. The Morgan fingerprint density at radius 3 is 2.64 bits per heavy atom. The van der Waals surface area contributed by atoms with Crippen LogP contribution in [0.1, 0.15) is 31.2 Å². The molecule has 1 aromatic heterocycles. The zero-order valence-electron chi connectivity index (χ0n) is 12.9. The van der Waals surface area contributed by atoms with Gasteiger partial charge in [-0.3, -0.25) is 0 Å². The summed E-state index contributed by atoms with van der Waals surface area (Å²) >= 11 is 0. The van der Waals surface area contributed by atoms with Gasteiger partial charge in [0.15, 0.2) is 0 Å². The highest BCUT2D eigenvalue weighted by Gasteiger charge is 2.15.